The van der Waals surface area contributed by atoms with Crippen molar-refractivity contribution in [1.29, 1.82) is 0 Å². The summed E-state index contributed by atoms with van der Waals surface area (Å²) in [5.74, 6) is 1.10. The fourth-order valence-corrected chi connectivity index (χ4v) is 5.30. The van der Waals surface area contributed by atoms with Gasteiger partial charge in [-0.3, -0.25) is 4.79 Å². The van der Waals surface area contributed by atoms with Crippen molar-refractivity contribution in [3.05, 3.63) is 34.6 Å². The van der Waals surface area contributed by atoms with Gasteiger partial charge in [-0.25, -0.2) is 4.39 Å². The van der Waals surface area contributed by atoms with E-state index < -0.39 is 0 Å². The smallest absolute Gasteiger partial charge is 0.242 e. The van der Waals surface area contributed by atoms with Crippen LogP contribution in [0.5, 0.6) is 0 Å². The Morgan fingerprint density at radius 2 is 1.89 bits per heavy atom. The van der Waals surface area contributed by atoms with Gasteiger partial charge < -0.3 is 10.2 Å². The summed E-state index contributed by atoms with van der Waals surface area (Å²) < 4.78 is 13.3. The van der Waals surface area contributed by atoms with Crippen LogP contribution in [-0.4, -0.2) is 37.0 Å². The minimum absolute atomic E-state index is 0.231. The first-order chi connectivity index (χ1) is 12.9. The molecule has 2 fully saturated rings. The number of carbonyl (C=O) groups excluding carboxylic acids is 1. The molecule has 2 aliphatic rings. The minimum Gasteiger partial charge on any atom is -0.347 e. The molecule has 0 aliphatic heterocycles. The first-order valence-corrected chi connectivity index (χ1v) is 10.7. The summed E-state index contributed by atoms with van der Waals surface area (Å²) in [5.41, 5.74) is 0.763. The number of carbonyl (C=O) groups is 1. The van der Waals surface area contributed by atoms with Crippen molar-refractivity contribution in [3.8, 4) is 0 Å². The lowest BCUT2D eigenvalue weighted by Gasteiger charge is -2.34. The number of likely N-dealkylation sites (N-methyl/N-ethyl adjacent to an activating group) is 1. The van der Waals surface area contributed by atoms with Gasteiger partial charge in [0.25, 0.3) is 0 Å². The number of benzene rings is 1. The number of nitrogens with zero attached hydrogens (tertiary/aromatic N) is 1. The van der Waals surface area contributed by atoms with Crippen LogP contribution < -0.4 is 5.32 Å². The second-order valence-corrected chi connectivity index (χ2v) is 8.99. The third kappa shape index (κ3) is 4.83. The van der Waals surface area contributed by atoms with Crippen molar-refractivity contribution in [1.82, 2.24) is 10.2 Å². The molecule has 27 heavy (non-hydrogen) atoms. The summed E-state index contributed by atoms with van der Waals surface area (Å²) in [6, 6.07) is 4.79. The molecule has 1 aromatic carbocycles. The zero-order chi connectivity index (χ0) is 19.4. The van der Waals surface area contributed by atoms with E-state index in [9.17, 15) is 9.18 Å². The molecule has 1 aromatic rings. The highest BCUT2D eigenvalue weighted by Crippen LogP contribution is 2.40. The van der Waals surface area contributed by atoms with Gasteiger partial charge in [0.15, 0.2) is 0 Å². The van der Waals surface area contributed by atoms with Gasteiger partial charge in [0.2, 0.25) is 5.91 Å². The number of hydrogen-bond acceptors (Lipinski definition) is 2. The molecule has 0 radical (unpaired) electrons. The molecular formula is C22H32ClFN2O. The van der Waals surface area contributed by atoms with E-state index in [1.54, 1.807) is 4.90 Å². The van der Waals surface area contributed by atoms with Crippen LogP contribution in [0.25, 0.3) is 0 Å². The molecule has 0 atom stereocenters. The SMILES string of the molecule is CN(C)C(=O)C1(NCCC2CCC(c3ccc(F)cc3Cl)CC2)CCCC1. The Labute approximate surface area is 167 Å². The van der Waals surface area contributed by atoms with E-state index in [2.05, 4.69) is 5.32 Å². The number of hydrogen-bond donors (Lipinski definition) is 1. The quantitative estimate of drug-likeness (QED) is 0.725. The van der Waals surface area contributed by atoms with Crippen LogP contribution in [0.3, 0.4) is 0 Å². The van der Waals surface area contributed by atoms with Crippen molar-refractivity contribution < 1.29 is 9.18 Å². The summed E-state index contributed by atoms with van der Waals surface area (Å²) in [4.78, 5) is 14.4. The Bertz CT molecular complexity index is 650. The molecule has 2 aliphatic carbocycles. The molecule has 0 saturated heterocycles. The molecular weight excluding hydrogens is 363 g/mol. The number of rotatable bonds is 6. The Hall–Kier alpha value is -1.13. The maximum absolute atomic E-state index is 13.3. The van der Waals surface area contributed by atoms with Crippen LogP contribution in [0.1, 0.15) is 69.3 Å². The Morgan fingerprint density at radius 1 is 1.22 bits per heavy atom. The van der Waals surface area contributed by atoms with Crippen molar-refractivity contribution in [2.24, 2.45) is 5.92 Å². The largest absolute Gasteiger partial charge is 0.347 e. The van der Waals surface area contributed by atoms with Gasteiger partial charge in [0.05, 0.1) is 5.54 Å². The highest BCUT2D eigenvalue weighted by atomic mass is 35.5. The minimum atomic E-state index is -0.331. The molecule has 0 aromatic heterocycles. The molecule has 3 rings (SSSR count). The Balaban J connectivity index is 1.47. The lowest BCUT2D eigenvalue weighted by atomic mass is 9.77. The van der Waals surface area contributed by atoms with Crippen LogP contribution in [0, 0.1) is 11.7 Å². The monoisotopic (exact) mass is 394 g/mol. The highest BCUT2D eigenvalue weighted by molar-refractivity contribution is 6.31. The fraction of sp³-hybridized carbons (Fsp3) is 0.682. The van der Waals surface area contributed by atoms with Gasteiger partial charge in [-0.05, 0) is 81.0 Å². The van der Waals surface area contributed by atoms with Crippen molar-refractivity contribution in [2.45, 2.75) is 69.2 Å². The van der Waals surface area contributed by atoms with Crippen LogP contribution in [0.15, 0.2) is 18.2 Å². The predicted molar refractivity (Wildman–Crippen MR) is 109 cm³/mol. The third-order valence-electron chi connectivity index (χ3n) is 6.54. The van der Waals surface area contributed by atoms with E-state index in [0.717, 1.165) is 57.1 Å². The lowest BCUT2D eigenvalue weighted by Crippen LogP contribution is -2.55. The second kappa shape index (κ2) is 8.91. The second-order valence-electron chi connectivity index (χ2n) is 8.59. The molecule has 0 heterocycles. The predicted octanol–water partition coefficient (Wildman–Crippen LogP) is 5.13. The van der Waals surface area contributed by atoms with Crippen molar-refractivity contribution >= 4 is 17.5 Å². The van der Waals surface area contributed by atoms with E-state index in [-0.39, 0.29) is 17.3 Å². The van der Waals surface area contributed by atoms with E-state index in [1.807, 2.05) is 20.2 Å². The van der Waals surface area contributed by atoms with Crippen molar-refractivity contribution in [2.75, 3.05) is 20.6 Å². The molecule has 2 saturated carbocycles. The van der Waals surface area contributed by atoms with Crippen LogP contribution >= 0.6 is 11.6 Å². The zero-order valence-electron chi connectivity index (χ0n) is 16.6. The highest BCUT2D eigenvalue weighted by Gasteiger charge is 2.41. The van der Waals surface area contributed by atoms with E-state index >= 15 is 0 Å². The number of halogens is 2. The zero-order valence-corrected chi connectivity index (χ0v) is 17.3. The van der Waals surface area contributed by atoms with Gasteiger partial charge >= 0.3 is 0 Å². The summed E-state index contributed by atoms with van der Waals surface area (Å²) in [5, 5.41) is 4.19. The van der Waals surface area contributed by atoms with Crippen LogP contribution in [0.4, 0.5) is 4.39 Å². The van der Waals surface area contributed by atoms with Gasteiger partial charge in [0.1, 0.15) is 5.82 Å². The molecule has 5 heteroatoms. The molecule has 1 N–H and O–H groups in total. The Kier molecular flexibility index (Phi) is 6.80. The van der Waals surface area contributed by atoms with Gasteiger partial charge in [-0.15, -0.1) is 0 Å². The average molecular weight is 395 g/mol. The number of amides is 1. The molecule has 150 valence electrons. The van der Waals surface area contributed by atoms with E-state index in [4.69, 9.17) is 11.6 Å². The first kappa shape index (κ1) is 20.6. The fourth-order valence-electron chi connectivity index (χ4n) is 4.98. The van der Waals surface area contributed by atoms with Crippen LogP contribution in [0.2, 0.25) is 5.02 Å². The van der Waals surface area contributed by atoms with E-state index in [0.29, 0.717) is 16.9 Å². The van der Waals surface area contributed by atoms with Gasteiger partial charge in [-0.2, -0.15) is 0 Å². The summed E-state index contributed by atoms with van der Waals surface area (Å²) in [6.07, 6.45) is 9.87. The molecule has 3 nitrogen and oxygen atoms in total. The molecule has 0 unspecified atom stereocenters. The third-order valence-corrected chi connectivity index (χ3v) is 6.87. The normalized spacial score (nSPS) is 24.7. The standard InChI is InChI=1S/C22H32ClFN2O/c1-26(2)21(27)22(12-3-4-13-22)25-14-11-16-5-7-17(8-6-16)19-10-9-18(24)15-20(19)23/h9-10,15-17,25H,3-8,11-14H2,1-2H3. The average Bonchev–Trinajstić information content (AvgIpc) is 3.12. The summed E-state index contributed by atoms with van der Waals surface area (Å²) >= 11 is 6.24. The summed E-state index contributed by atoms with van der Waals surface area (Å²) in [7, 11) is 3.71. The molecule has 1 amide bonds. The molecule has 0 spiro atoms. The Morgan fingerprint density at radius 3 is 2.48 bits per heavy atom. The van der Waals surface area contributed by atoms with E-state index in [1.165, 1.54) is 25.0 Å². The molecule has 0 bridgehead atoms. The van der Waals surface area contributed by atoms with Crippen molar-refractivity contribution in [3.63, 3.8) is 0 Å². The lowest BCUT2D eigenvalue weighted by molar-refractivity contribution is -0.135. The van der Waals surface area contributed by atoms with Gasteiger partial charge in [-0.1, -0.05) is 30.5 Å². The van der Waals surface area contributed by atoms with Crippen LogP contribution in [-0.2, 0) is 4.79 Å². The maximum atomic E-state index is 13.3. The van der Waals surface area contributed by atoms with Gasteiger partial charge in [0, 0.05) is 19.1 Å². The number of nitrogens with one attached hydrogen (secondary N) is 1. The summed E-state index contributed by atoms with van der Waals surface area (Å²) in [6.45, 7) is 0.909. The maximum Gasteiger partial charge on any atom is 0.242 e. The first-order valence-electron chi connectivity index (χ1n) is 10.3. The topological polar surface area (TPSA) is 32.3 Å².